The normalized spacial score (nSPS) is 9.95. The Labute approximate surface area is 111 Å². The molecule has 0 aliphatic rings. The van der Waals surface area contributed by atoms with E-state index in [0.29, 0.717) is 24.8 Å². The summed E-state index contributed by atoms with van der Waals surface area (Å²) in [7, 11) is 1.53. The monoisotopic (exact) mass is 260 g/mol. The molecule has 0 spiro atoms. The maximum absolute atomic E-state index is 5.56. The van der Waals surface area contributed by atoms with E-state index in [0.717, 1.165) is 5.75 Å². The van der Waals surface area contributed by atoms with E-state index in [1.165, 1.54) is 7.11 Å². The number of hydrogen-bond donors (Lipinski definition) is 2. The van der Waals surface area contributed by atoms with E-state index in [2.05, 4.69) is 15.3 Å². The highest BCUT2D eigenvalue weighted by atomic mass is 16.5. The van der Waals surface area contributed by atoms with Crippen molar-refractivity contribution in [1.29, 1.82) is 0 Å². The summed E-state index contributed by atoms with van der Waals surface area (Å²) in [6.45, 7) is 1.13. The average Bonchev–Trinajstić information content (AvgIpc) is 2.44. The number of benzene rings is 1. The molecule has 1 heterocycles. The van der Waals surface area contributed by atoms with Gasteiger partial charge in [0.1, 0.15) is 18.2 Å². The van der Waals surface area contributed by atoms with Crippen LogP contribution < -0.4 is 20.5 Å². The van der Waals surface area contributed by atoms with Crippen LogP contribution in [0, 0.1) is 0 Å². The van der Waals surface area contributed by atoms with Crippen molar-refractivity contribution < 1.29 is 9.47 Å². The maximum Gasteiger partial charge on any atom is 0.225 e. The zero-order chi connectivity index (χ0) is 13.5. The van der Waals surface area contributed by atoms with Gasteiger partial charge in [-0.3, -0.25) is 0 Å². The van der Waals surface area contributed by atoms with Crippen LogP contribution in [0.5, 0.6) is 11.6 Å². The number of nitrogens with zero attached hydrogens (tertiary/aromatic N) is 2. The fourth-order valence-electron chi connectivity index (χ4n) is 1.50. The van der Waals surface area contributed by atoms with Crippen LogP contribution in [0.2, 0.25) is 0 Å². The van der Waals surface area contributed by atoms with Crippen LogP contribution in [0.15, 0.2) is 36.4 Å². The van der Waals surface area contributed by atoms with Crippen LogP contribution in [-0.4, -0.2) is 30.2 Å². The second kappa shape index (κ2) is 6.44. The van der Waals surface area contributed by atoms with Gasteiger partial charge in [0.25, 0.3) is 0 Å². The van der Waals surface area contributed by atoms with Crippen LogP contribution in [0.4, 0.5) is 11.8 Å². The molecular weight excluding hydrogens is 244 g/mol. The number of para-hydroxylation sites is 1. The minimum Gasteiger partial charge on any atom is -0.492 e. The van der Waals surface area contributed by atoms with Crippen molar-refractivity contribution in [2.75, 3.05) is 31.3 Å². The number of nitrogens with two attached hydrogens (primary N) is 1. The Bertz CT molecular complexity index is 519. The van der Waals surface area contributed by atoms with Crippen LogP contribution >= 0.6 is 0 Å². The molecule has 19 heavy (non-hydrogen) atoms. The number of rotatable bonds is 6. The van der Waals surface area contributed by atoms with Crippen molar-refractivity contribution in [3.63, 3.8) is 0 Å². The van der Waals surface area contributed by atoms with Gasteiger partial charge in [-0.25, -0.2) is 0 Å². The summed E-state index contributed by atoms with van der Waals surface area (Å²) in [4.78, 5) is 7.95. The fourth-order valence-corrected chi connectivity index (χ4v) is 1.50. The summed E-state index contributed by atoms with van der Waals surface area (Å²) in [5, 5.41) is 3.09. The summed E-state index contributed by atoms with van der Waals surface area (Å²) in [6, 6.07) is 11.3. The highest BCUT2D eigenvalue weighted by molar-refractivity contribution is 5.42. The molecule has 0 aliphatic carbocycles. The molecular formula is C13H16N4O2. The van der Waals surface area contributed by atoms with Gasteiger partial charge in [-0.2, -0.15) is 9.97 Å². The fraction of sp³-hybridized carbons (Fsp3) is 0.231. The molecule has 2 aromatic rings. The van der Waals surface area contributed by atoms with Gasteiger partial charge in [0.05, 0.1) is 13.7 Å². The highest BCUT2D eigenvalue weighted by Crippen LogP contribution is 2.13. The smallest absolute Gasteiger partial charge is 0.225 e. The maximum atomic E-state index is 5.56. The summed E-state index contributed by atoms with van der Waals surface area (Å²) < 4.78 is 10.6. The Morgan fingerprint density at radius 3 is 2.74 bits per heavy atom. The first-order chi connectivity index (χ1) is 9.28. The van der Waals surface area contributed by atoms with Crippen molar-refractivity contribution in [2.45, 2.75) is 0 Å². The van der Waals surface area contributed by atoms with Gasteiger partial charge < -0.3 is 20.5 Å². The van der Waals surface area contributed by atoms with Crippen molar-refractivity contribution >= 4 is 11.8 Å². The summed E-state index contributed by atoms with van der Waals surface area (Å²) in [5.74, 6) is 2.05. The molecule has 1 aromatic carbocycles. The lowest BCUT2D eigenvalue weighted by molar-refractivity contribution is 0.332. The quantitative estimate of drug-likeness (QED) is 0.767. The van der Waals surface area contributed by atoms with Crippen molar-refractivity contribution in [1.82, 2.24) is 9.97 Å². The third-order valence-corrected chi connectivity index (χ3v) is 2.35. The molecule has 0 saturated heterocycles. The second-order valence-corrected chi connectivity index (χ2v) is 3.74. The molecule has 0 unspecified atom stereocenters. The van der Waals surface area contributed by atoms with Gasteiger partial charge >= 0.3 is 0 Å². The highest BCUT2D eigenvalue weighted by Gasteiger charge is 2.01. The minimum absolute atomic E-state index is 0.172. The zero-order valence-electron chi connectivity index (χ0n) is 10.7. The molecule has 0 bridgehead atoms. The van der Waals surface area contributed by atoms with Crippen LogP contribution in [0.25, 0.3) is 0 Å². The van der Waals surface area contributed by atoms with Crippen molar-refractivity contribution in [3.8, 4) is 11.6 Å². The Morgan fingerprint density at radius 1 is 1.21 bits per heavy atom. The molecule has 2 rings (SSSR count). The minimum atomic E-state index is 0.172. The number of aromatic nitrogens is 2. The molecule has 0 fully saturated rings. The number of ether oxygens (including phenoxy) is 2. The zero-order valence-corrected chi connectivity index (χ0v) is 10.7. The third kappa shape index (κ3) is 4.02. The van der Waals surface area contributed by atoms with E-state index in [1.54, 1.807) is 6.07 Å². The van der Waals surface area contributed by atoms with Gasteiger partial charge in [-0.05, 0) is 12.1 Å². The van der Waals surface area contributed by atoms with Crippen LogP contribution in [0.1, 0.15) is 0 Å². The number of nitrogens with one attached hydrogen (secondary N) is 1. The van der Waals surface area contributed by atoms with Gasteiger partial charge in [0, 0.05) is 6.07 Å². The number of anilines is 2. The molecule has 0 aliphatic heterocycles. The first kappa shape index (κ1) is 12.9. The summed E-state index contributed by atoms with van der Waals surface area (Å²) in [6.07, 6.45) is 0. The summed E-state index contributed by atoms with van der Waals surface area (Å²) in [5.41, 5.74) is 5.56. The van der Waals surface area contributed by atoms with E-state index in [-0.39, 0.29) is 5.95 Å². The van der Waals surface area contributed by atoms with E-state index < -0.39 is 0 Å². The van der Waals surface area contributed by atoms with Crippen molar-refractivity contribution in [3.05, 3.63) is 36.4 Å². The topological polar surface area (TPSA) is 82.3 Å². The van der Waals surface area contributed by atoms with Crippen molar-refractivity contribution in [2.24, 2.45) is 0 Å². The number of nitrogen functional groups attached to an aromatic ring is 1. The Kier molecular flexibility index (Phi) is 4.39. The molecule has 3 N–H and O–H groups in total. The summed E-state index contributed by atoms with van der Waals surface area (Å²) >= 11 is 0. The third-order valence-electron chi connectivity index (χ3n) is 2.35. The molecule has 1 aromatic heterocycles. The van der Waals surface area contributed by atoms with Gasteiger partial charge in [-0.1, -0.05) is 18.2 Å². The van der Waals surface area contributed by atoms with Crippen LogP contribution in [0.3, 0.4) is 0 Å². The average molecular weight is 260 g/mol. The molecule has 0 saturated carbocycles. The lowest BCUT2D eigenvalue weighted by Crippen LogP contribution is -2.13. The molecule has 0 radical (unpaired) electrons. The van der Waals surface area contributed by atoms with Gasteiger partial charge in [0.15, 0.2) is 0 Å². The van der Waals surface area contributed by atoms with E-state index in [1.807, 2.05) is 30.3 Å². The van der Waals surface area contributed by atoms with E-state index in [9.17, 15) is 0 Å². The molecule has 6 nitrogen and oxygen atoms in total. The largest absolute Gasteiger partial charge is 0.492 e. The Morgan fingerprint density at radius 2 is 2.00 bits per heavy atom. The molecule has 0 amide bonds. The van der Waals surface area contributed by atoms with Gasteiger partial charge in [-0.15, -0.1) is 0 Å². The predicted octanol–water partition coefficient (Wildman–Crippen LogP) is 1.56. The lowest BCUT2D eigenvalue weighted by atomic mass is 10.3. The lowest BCUT2D eigenvalue weighted by Gasteiger charge is -2.09. The second-order valence-electron chi connectivity index (χ2n) is 3.74. The van der Waals surface area contributed by atoms with E-state index in [4.69, 9.17) is 15.2 Å². The predicted molar refractivity (Wildman–Crippen MR) is 73.4 cm³/mol. The first-order valence-electron chi connectivity index (χ1n) is 5.88. The van der Waals surface area contributed by atoms with Gasteiger partial charge in [0.2, 0.25) is 11.8 Å². The SMILES string of the molecule is COc1cc(NCCOc2ccccc2)nc(N)n1. The Hall–Kier alpha value is -2.50. The molecule has 0 atom stereocenters. The number of hydrogen-bond acceptors (Lipinski definition) is 6. The number of methoxy groups -OCH3 is 1. The van der Waals surface area contributed by atoms with Crippen LogP contribution in [-0.2, 0) is 0 Å². The Balaban J connectivity index is 1.81. The first-order valence-corrected chi connectivity index (χ1v) is 5.88. The standard InChI is InChI=1S/C13H16N4O2/c1-18-12-9-11(16-13(14)17-12)15-7-8-19-10-5-3-2-4-6-10/h2-6,9H,7-8H2,1H3,(H3,14,15,16,17). The molecule has 6 heteroatoms. The van der Waals surface area contributed by atoms with E-state index >= 15 is 0 Å². The molecule has 100 valence electrons.